The Morgan fingerprint density at radius 1 is 1.27 bits per heavy atom. The fraction of sp³-hybridized carbons (Fsp3) is 0.357. The van der Waals surface area contributed by atoms with Crippen molar-refractivity contribution in [3.8, 4) is 0 Å². The van der Waals surface area contributed by atoms with E-state index >= 15 is 0 Å². The van der Waals surface area contributed by atoms with Crippen molar-refractivity contribution in [1.82, 2.24) is 15.2 Å². The van der Waals surface area contributed by atoms with Crippen molar-refractivity contribution < 1.29 is 13.5 Å². The molecule has 116 valence electrons. The van der Waals surface area contributed by atoms with Gasteiger partial charge in [-0.15, -0.1) is 5.10 Å². The van der Waals surface area contributed by atoms with Gasteiger partial charge in [-0.25, -0.2) is 8.78 Å². The summed E-state index contributed by atoms with van der Waals surface area (Å²) in [6, 6.07) is 3.46. The number of benzene rings is 1. The summed E-state index contributed by atoms with van der Waals surface area (Å²) >= 11 is 0. The number of aromatic nitrogens is 3. The topological polar surface area (TPSA) is 72.0 Å². The third-order valence-electron chi connectivity index (χ3n) is 3.27. The van der Waals surface area contributed by atoms with E-state index in [0.717, 1.165) is 31.6 Å². The molecule has 0 bridgehead atoms. The summed E-state index contributed by atoms with van der Waals surface area (Å²) in [7, 11) is 0. The zero-order valence-electron chi connectivity index (χ0n) is 11.7. The van der Waals surface area contributed by atoms with E-state index in [9.17, 15) is 8.78 Å². The Bertz CT molecular complexity index is 649. The van der Waals surface area contributed by atoms with Gasteiger partial charge in [0, 0.05) is 24.9 Å². The monoisotopic (exact) mass is 307 g/mol. The second-order valence-electron chi connectivity index (χ2n) is 4.94. The normalized spacial score (nSPS) is 17.5. The Kier molecular flexibility index (Phi) is 4.38. The van der Waals surface area contributed by atoms with Gasteiger partial charge in [0.1, 0.15) is 0 Å². The third kappa shape index (κ3) is 3.64. The number of anilines is 3. The number of halogens is 2. The van der Waals surface area contributed by atoms with Crippen LogP contribution in [-0.2, 0) is 4.74 Å². The summed E-state index contributed by atoms with van der Waals surface area (Å²) in [6.07, 6.45) is 3.76. The van der Waals surface area contributed by atoms with Gasteiger partial charge in [-0.05, 0) is 25.0 Å². The molecule has 22 heavy (non-hydrogen) atoms. The quantitative estimate of drug-likeness (QED) is 0.884. The van der Waals surface area contributed by atoms with E-state index in [1.54, 1.807) is 0 Å². The lowest BCUT2D eigenvalue weighted by atomic mass is 10.2. The van der Waals surface area contributed by atoms with Crippen molar-refractivity contribution in [1.29, 1.82) is 0 Å². The number of hydrogen-bond acceptors (Lipinski definition) is 6. The lowest BCUT2D eigenvalue weighted by Crippen LogP contribution is -2.19. The highest BCUT2D eigenvalue weighted by atomic mass is 19.2. The molecule has 1 unspecified atom stereocenters. The van der Waals surface area contributed by atoms with Gasteiger partial charge in [0.15, 0.2) is 17.5 Å². The van der Waals surface area contributed by atoms with Crippen LogP contribution in [0.25, 0.3) is 0 Å². The second kappa shape index (κ2) is 6.61. The van der Waals surface area contributed by atoms with Crippen molar-refractivity contribution in [3.63, 3.8) is 0 Å². The molecule has 3 rings (SSSR count). The van der Waals surface area contributed by atoms with Gasteiger partial charge in [-0.1, -0.05) is 0 Å². The van der Waals surface area contributed by atoms with Crippen LogP contribution < -0.4 is 10.6 Å². The maximum absolute atomic E-state index is 13.2. The van der Waals surface area contributed by atoms with E-state index in [0.29, 0.717) is 18.1 Å². The Labute approximate surface area is 125 Å². The van der Waals surface area contributed by atoms with Gasteiger partial charge in [0.25, 0.3) is 0 Å². The van der Waals surface area contributed by atoms with Gasteiger partial charge >= 0.3 is 0 Å². The van der Waals surface area contributed by atoms with Crippen LogP contribution in [0.15, 0.2) is 24.4 Å². The highest BCUT2D eigenvalue weighted by Gasteiger charge is 2.15. The van der Waals surface area contributed by atoms with Crippen LogP contribution in [0.1, 0.15) is 12.8 Å². The van der Waals surface area contributed by atoms with Crippen molar-refractivity contribution in [2.75, 3.05) is 23.8 Å². The minimum absolute atomic E-state index is 0.178. The Morgan fingerprint density at radius 3 is 2.95 bits per heavy atom. The molecule has 2 N–H and O–H groups in total. The number of nitrogens with one attached hydrogen (secondary N) is 2. The molecule has 0 amide bonds. The van der Waals surface area contributed by atoms with Crippen LogP contribution in [0.2, 0.25) is 0 Å². The van der Waals surface area contributed by atoms with Gasteiger partial charge in [0.2, 0.25) is 5.95 Å². The first kappa shape index (κ1) is 14.6. The SMILES string of the molecule is Fc1ccc(Nc2nncc(NCC3CCCO3)n2)cc1F. The van der Waals surface area contributed by atoms with Gasteiger partial charge in [-0.2, -0.15) is 10.1 Å². The molecule has 2 heterocycles. The summed E-state index contributed by atoms with van der Waals surface area (Å²) in [5, 5.41) is 13.5. The average Bonchev–Trinajstić information content (AvgIpc) is 3.03. The Hall–Kier alpha value is -2.35. The molecular weight excluding hydrogens is 292 g/mol. The Morgan fingerprint density at radius 2 is 2.18 bits per heavy atom. The maximum atomic E-state index is 13.2. The highest BCUT2D eigenvalue weighted by Crippen LogP contribution is 2.17. The highest BCUT2D eigenvalue weighted by molar-refractivity contribution is 5.54. The molecule has 1 aliphatic heterocycles. The molecule has 8 heteroatoms. The Balaban J connectivity index is 1.63. The molecule has 2 aromatic rings. The molecule has 1 saturated heterocycles. The largest absolute Gasteiger partial charge is 0.376 e. The first-order valence-electron chi connectivity index (χ1n) is 6.98. The predicted octanol–water partition coefficient (Wildman–Crippen LogP) is 2.48. The molecule has 0 spiro atoms. The van der Waals surface area contributed by atoms with Gasteiger partial charge < -0.3 is 15.4 Å². The minimum atomic E-state index is -0.939. The minimum Gasteiger partial charge on any atom is -0.376 e. The summed E-state index contributed by atoms with van der Waals surface area (Å²) in [4.78, 5) is 4.21. The maximum Gasteiger partial charge on any atom is 0.249 e. The molecule has 6 nitrogen and oxygen atoms in total. The fourth-order valence-corrected chi connectivity index (χ4v) is 2.17. The van der Waals surface area contributed by atoms with Crippen LogP contribution in [0, 0.1) is 11.6 Å². The van der Waals surface area contributed by atoms with Crippen molar-refractivity contribution >= 4 is 17.5 Å². The van der Waals surface area contributed by atoms with E-state index in [-0.39, 0.29) is 12.1 Å². The molecule has 1 aromatic carbocycles. The number of nitrogens with zero attached hydrogens (tertiary/aromatic N) is 3. The average molecular weight is 307 g/mol. The summed E-state index contributed by atoms with van der Waals surface area (Å²) in [5.41, 5.74) is 0.344. The fourth-order valence-electron chi connectivity index (χ4n) is 2.17. The van der Waals surface area contributed by atoms with E-state index in [4.69, 9.17) is 4.74 Å². The number of hydrogen-bond donors (Lipinski definition) is 2. The first-order valence-corrected chi connectivity index (χ1v) is 6.98. The first-order chi connectivity index (χ1) is 10.7. The third-order valence-corrected chi connectivity index (χ3v) is 3.27. The van der Waals surface area contributed by atoms with Gasteiger partial charge in [-0.3, -0.25) is 0 Å². The van der Waals surface area contributed by atoms with Crippen LogP contribution in [0.4, 0.5) is 26.2 Å². The molecular formula is C14H15F2N5O. The molecule has 0 radical (unpaired) electrons. The van der Waals surface area contributed by atoms with E-state index in [2.05, 4.69) is 25.8 Å². The number of rotatable bonds is 5. The lowest BCUT2D eigenvalue weighted by molar-refractivity contribution is 0.120. The smallest absolute Gasteiger partial charge is 0.249 e. The van der Waals surface area contributed by atoms with Crippen LogP contribution >= 0.6 is 0 Å². The van der Waals surface area contributed by atoms with Crippen LogP contribution in [0.3, 0.4) is 0 Å². The van der Waals surface area contributed by atoms with E-state index in [1.165, 1.54) is 12.3 Å². The molecule has 1 aliphatic rings. The standard InChI is InChI=1S/C14H15F2N5O/c15-11-4-3-9(6-12(11)16)19-14-20-13(8-18-21-14)17-7-10-2-1-5-22-10/h3-4,6,8,10H,1-2,5,7H2,(H2,17,19,20,21). The van der Waals surface area contributed by atoms with Gasteiger partial charge in [0.05, 0.1) is 12.3 Å². The number of ether oxygens (including phenoxy) is 1. The summed E-state index contributed by atoms with van der Waals surface area (Å²) in [6.45, 7) is 1.43. The zero-order chi connectivity index (χ0) is 15.4. The molecule has 1 atom stereocenters. The molecule has 1 aromatic heterocycles. The van der Waals surface area contributed by atoms with Crippen molar-refractivity contribution in [2.45, 2.75) is 18.9 Å². The zero-order valence-corrected chi connectivity index (χ0v) is 11.7. The molecule has 0 saturated carbocycles. The van der Waals surface area contributed by atoms with E-state index < -0.39 is 11.6 Å². The second-order valence-corrected chi connectivity index (χ2v) is 4.94. The van der Waals surface area contributed by atoms with Crippen molar-refractivity contribution in [2.24, 2.45) is 0 Å². The predicted molar refractivity (Wildman–Crippen MR) is 76.9 cm³/mol. The van der Waals surface area contributed by atoms with Crippen LogP contribution in [-0.4, -0.2) is 34.4 Å². The molecule has 0 aliphatic carbocycles. The molecule has 1 fully saturated rings. The van der Waals surface area contributed by atoms with Crippen molar-refractivity contribution in [3.05, 3.63) is 36.0 Å². The van der Waals surface area contributed by atoms with Crippen LogP contribution in [0.5, 0.6) is 0 Å². The summed E-state index contributed by atoms with van der Waals surface area (Å²) in [5.74, 6) is -1.11. The summed E-state index contributed by atoms with van der Waals surface area (Å²) < 4.78 is 31.5. The lowest BCUT2D eigenvalue weighted by Gasteiger charge is -2.11. The van der Waals surface area contributed by atoms with E-state index in [1.807, 2.05) is 0 Å².